The molecule has 0 spiro atoms. The van der Waals surface area contributed by atoms with E-state index in [-0.39, 0.29) is 6.03 Å². The molecule has 2 aromatic carbocycles. The monoisotopic (exact) mass is 353 g/mol. The lowest BCUT2D eigenvalue weighted by Gasteiger charge is -2.36. The topological polar surface area (TPSA) is 44.8 Å². The Bertz CT molecular complexity index is 680. The van der Waals surface area contributed by atoms with Gasteiger partial charge in [0.05, 0.1) is 6.61 Å². The summed E-state index contributed by atoms with van der Waals surface area (Å²) < 4.78 is 5.68. The largest absolute Gasteiger partial charge is 0.494 e. The van der Waals surface area contributed by atoms with E-state index in [0.29, 0.717) is 13.2 Å². The minimum absolute atomic E-state index is 0.0213. The Labute approximate surface area is 155 Å². The van der Waals surface area contributed by atoms with Gasteiger partial charge in [-0.25, -0.2) is 4.79 Å². The summed E-state index contributed by atoms with van der Waals surface area (Å²) >= 11 is 0. The summed E-state index contributed by atoms with van der Waals surface area (Å²) in [6, 6.07) is 18.4. The zero-order valence-electron chi connectivity index (χ0n) is 15.4. The Balaban J connectivity index is 1.31. The Morgan fingerprint density at radius 3 is 2.38 bits per heavy atom. The van der Waals surface area contributed by atoms with Crippen LogP contribution in [0.2, 0.25) is 0 Å². The van der Waals surface area contributed by atoms with Crippen LogP contribution in [0.3, 0.4) is 0 Å². The molecule has 2 amide bonds. The summed E-state index contributed by atoms with van der Waals surface area (Å²) in [6.07, 6.45) is 0.795. The second-order valence-electron chi connectivity index (χ2n) is 6.56. The molecule has 0 radical (unpaired) electrons. The number of aryl methyl sites for hydroxylation is 1. The molecule has 0 aliphatic carbocycles. The number of nitrogens with one attached hydrogen (secondary N) is 1. The summed E-state index contributed by atoms with van der Waals surface area (Å²) in [4.78, 5) is 16.5. The van der Waals surface area contributed by atoms with E-state index in [1.807, 2.05) is 47.4 Å². The number of hydrogen-bond donors (Lipinski definition) is 1. The molecule has 3 rings (SSSR count). The van der Waals surface area contributed by atoms with E-state index in [1.54, 1.807) is 0 Å². The number of carbonyl (C=O) groups is 1. The SMILES string of the molecule is Cc1ccc(OCCCNC(=O)N2CCN(c3ccccc3)CC2)cc1. The van der Waals surface area contributed by atoms with Gasteiger partial charge in [-0.2, -0.15) is 0 Å². The highest BCUT2D eigenvalue weighted by molar-refractivity contribution is 5.74. The van der Waals surface area contributed by atoms with Crippen molar-refractivity contribution in [1.82, 2.24) is 10.2 Å². The maximum atomic E-state index is 12.3. The van der Waals surface area contributed by atoms with Crippen LogP contribution in [-0.2, 0) is 0 Å². The molecular formula is C21H27N3O2. The standard InChI is InChI=1S/C21H27N3O2/c1-18-8-10-20(11-9-18)26-17-5-12-22-21(25)24-15-13-23(14-16-24)19-6-3-2-4-7-19/h2-4,6-11H,5,12-17H2,1H3,(H,22,25). The van der Waals surface area contributed by atoms with Crippen LogP contribution < -0.4 is 15.0 Å². The van der Waals surface area contributed by atoms with Gasteiger partial charge < -0.3 is 19.9 Å². The van der Waals surface area contributed by atoms with Crippen LogP contribution in [0.15, 0.2) is 54.6 Å². The van der Waals surface area contributed by atoms with Crippen LogP contribution in [0.4, 0.5) is 10.5 Å². The number of hydrogen-bond acceptors (Lipinski definition) is 3. The predicted octanol–water partition coefficient (Wildman–Crippen LogP) is 3.30. The quantitative estimate of drug-likeness (QED) is 0.811. The van der Waals surface area contributed by atoms with Crippen molar-refractivity contribution in [3.05, 3.63) is 60.2 Å². The number of urea groups is 1. The predicted molar refractivity (Wildman–Crippen MR) is 105 cm³/mol. The van der Waals surface area contributed by atoms with E-state index in [4.69, 9.17) is 4.74 Å². The van der Waals surface area contributed by atoms with Crippen molar-refractivity contribution in [3.8, 4) is 5.75 Å². The molecular weight excluding hydrogens is 326 g/mol. The van der Waals surface area contributed by atoms with Gasteiger partial charge in [-0.15, -0.1) is 0 Å². The normalized spacial score (nSPS) is 14.2. The minimum atomic E-state index is 0.0213. The Kier molecular flexibility index (Phi) is 6.36. The van der Waals surface area contributed by atoms with E-state index in [9.17, 15) is 4.79 Å². The maximum absolute atomic E-state index is 12.3. The van der Waals surface area contributed by atoms with Crippen LogP contribution >= 0.6 is 0 Å². The second-order valence-corrected chi connectivity index (χ2v) is 6.56. The van der Waals surface area contributed by atoms with Gasteiger partial charge >= 0.3 is 6.03 Å². The molecule has 5 nitrogen and oxygen atoms in total. The summed E-state index contributed by atoms with van der Waals surface area (Å²) in [5, 5.41) is 2.99. The molecule has 138 valence electrons. The molecule has 1 heterocycles. The summed E-state index contributed by atoms with van der Waals surface area (Å²) in [7, 11) is 0. The van der Waals surface area contributed by atoms with Crippen LogP contribution in [0.5, 0.6) is 5.75 Å². The van der Waals surface area contributed by atoms with Crippen LogP contribution in [0.25, 0.3) is 0 Å². The number of ether oxygens (including phenoxy) is 1. The number of nitrogens with zero attached hydrogens (tertiary/aromatic N) is 2. The van der Waals surface area contributed by atoms with Gasteiger partial charge in [-0.3, -0.25) is 0 Å². The van der Waals surface area contributed by atoms with E-state index in [1.165, 1.54) is 11.3 Å². The number of rotatable bonds is 6. The third-order valence-electron chi connectivity index (χ3n) is 4.58. The summed E-state index contributed by atoms with van der Waals surface area (Å²) in [5.41, 5.74) is 2.44. The molecule has 1 saturated heterocycles. The van der Waals surface area contributed by atoms with Gasteiger partial charge in [0.15, 0.2) is 0 Å². The van der Waals surface area contributed by atoms with Crippen LogP contribution in [-0.4, -0.2) is 50.3 Å². The lowest BCUT2D eigenvalue weighted by atomic mass is 10.2. The third-order valence-corrected chi connectivity index (χ3v) is 4.58. The zero-order valence-corrected chi connectivity index (χ0v) is 15.4. The lowest BCUT2D eigenvalue weighted by molar-refractivity contribution is 0.193. The molecule has 5 heteroatoms. The Morgan fingerprint density at radius 2 is 1.69 bits per heavy atom. The van der Waals surface area contributed by atoms with Gasteiger partial charge in [0, 0.05) is 38.4 Å². The number of carbonyl (C=O) groups excluding carboxylic acids is 1. The maximum Gasteiger partial charge on any atom is 0.317 e. The van der Waals surface area contributed by atoms with Gasteiger partial charge in [-0.05, 0) is 37.6 Å². The van der Waals surface area contributed by atoms with Gasteiger partial charge in [-0.1, -0.05) is 35.9 Å². The van der Waals surface area contributed by atoms with Crippen LogP contribution in [0.1, 0.15) is 12.0 Å². The highest BCUT2D eigenvalue weighted by Gasteiger charge is 2.20. The molecule has 1 N–H and O–H groups in total. The average molecular weight is 353 g/mol. The van der Waals surface area contributed by atoms with Crippen molar-refractivity contribution in [2.75, 3.05) is 44.2 Å². The number of anilines is 1. The van der Waals surface area contributed by atoms with Crippen LogP contribution in [0, 0.1) is 6.92 Å². The molecule has 1 aliphatic rings. The van der Waals surface area contributed by atoms with E-state index in [2.05, 4.69) is 29.3 Å². The Morgan fingerprint density at radius 1 is 1.00 bits per heavy atom. The highest BCUT2D eigenvalue weighted by atomic mass is 16.5. The minimum Gasteiger partial charge on any atom is -0.494 e. The van der Waals surface area contributed by atoms with Crippen molar-refractivity contribution in [2.24, 2.45) is 0 Å². The fraction of sp³-hybridized carbons (Fsp3) is 0.381. The fourth-order valence-corrected chi connectivity index (χ4v) is 3.01. The number of piperazine rings is 1. The summed E-state index contributed by atoms with van der Waals surface area (Å²) in [6.45, 7) is 6.52. The molecule has 1 fully saturated rings. The first kappa shape index (κ1) is 18.1. The van der Waals surface area contributed by atoms with Crippen molar-refractivity contribution in [1.29, 1.82) is 0 Å². The lowest BCUT2D eigenvalue weighted by Crippen LogP contribution is -2.52. The molecule has 0 bridgehead atoms. The number of benzene rings is 2. The smallest absolute Gasteiger partial charge is 0.317 e. The highest BCUT2D eigenvalue weighted by Crippen LogP contribution is 2.15. The van der Waals surface area contributed by atoms with E-state index in [0.717, 1.165) is 38.3 Å². The van der Waals surface area contributed by atoms with Crippen molar-refractivity contribution in [3.63, 3.8) is 0 Å². The van der Waals surface area contributed by atoms with Crippen molar-refractivity contribution < 1.29 is 9.53 Å². The Hall–Kier alpha value is -2.69. The molecule has 0 aromatic heterocycles. The summed E-state index contributed by atoms with van der Waals surface area (Å²) in [5.74, 6) is 0.874. The molecule has 2 aromatic rings. The number of para-hydroxylation sites is 1. The fourth-order valence-electron chi connectivity index (χ4n) is 3.01. The third kappa shape index (κ3) is 5.15. The first-order chi connectivity index (χ1) is 12.7. The average Bonchev–Trinajstić information content (AvgIpc) is 2.70. The van der Waals surface area contributed by atoms with E-state index < -0.39 is 0 Å². The second kappa shape index (κ2) is 9.13. The van der Waals surface area contributed by atoms with E-state index >= 15 is 0 Å². The molecule has 0 unspecified atom stereocenters. The number of amides is 2. The molecule has 1 aliphatic heterocycles. The van der Waals surface area contributed by atoms with Gasteiger partial charge in [0.2, 0.25) is 0 Å². The molecule has 0 atom stereocenters. The van der Waals surface area contributed by atoms with Crippen molar-refractivity contribution >= 4 is 11.7 Å². The van der Waals surface area contributed by atoms with Gasteiger partial charge in [0.1, 0.15) is 5.75 Å². The van der Waals surface area contributed by atoms with Gasteiger partial charge in [0.25, 0.3) is 0 Å². The first-order valence-corrected chi connectivity index (χ1v) is 9.24. The molecule has 0 saturated carbocycles. The van der Waals surface area contributed by atoms with Crippen molar-refractivity contribution in [2.45, 2.75) is 13.3 Å². The molecule has 26 heavy (non-hydrogen) atoms. The zero-order chi connectivity index (χ0) is 18.2. The first-order valence-electron chi connectivity index (χ1n) is 9.24.